The summed E-state index contributed by atoms with van der Waals surface area (Å²) < 4.78 is 0. The fraction of sp³-hybridized carbons (Fsp3) is 0.917. The van der Waals surface area contributed by atoms with E-state index in [0.717, 1.165) is 6.54 Å². The first-order valence-corrected chi connectivity index (χ1v) is 5.94. The van der Waals surface area contributed by atoms with Crippen molar-refractivity contribution in [1.29, 1.82) is 0 Å². The summed E-state index contributed by atoms with van der Waals surface area (Å²) in [6.07, 6.45) is 6.53. The maximum Gasteiger partial charge on any atom is 0.329 e. The zero-order chi connectivity index (χ0) is 11.3. The van der Waals surface area contributed by atoms with Gasteiger partial charge < -0.3 is 4.84 Å². The van der Waals surface area contributed by atoms with Gasteiger partial charge in [-0.25, -0.2) is 4.79 Å². The SMILES string of the molecule is CC(C)(C)C(=O)ONCC1CCCCC1. The molecule has 15 heavy (non-hydrogen) atoms. The predicted octanol–water partition coefficient (Wildman–Crippen LogP) is 2.66. The highest BCUT2D eigenvalue weighted by Gasteiger charge is 2.23. The summed E-state index contributed by atoms with van der Waals surface area (Å²) in [5, 5.41) is 0. The molecule has 1 aliphatic carbocycles. The first-order chi connectivity index (χ1) is 7.00. The largest absolute Gasteiger partial charge is 0.370 e. The molecule has 1 fully saturated rings. The third-order valence-corrected chi connectivity index (χ3v) is 2.87. The zero-order valence-corrected chi connectivity index (χ0v) is 10.1. The van der Waals surface area contributed by atoms with E-state index in [2.05, 4.69) is 5.48 Å². The van der Waals surface area contributed by atoms with Gasteiger partial charge in [-0.3, -0.25) is 0 Å². The molecule has 0 aromatic rings. The molecule has 0 aliphatic heterocycles. The summed E-state index contributed by atoms with van der Waals surface area (Å²) in [5.41, 5.74) is 2.39. The first-order valence-electron chi connectivity index (χ1n) is 5.94. The van der Waals surface area contributed by atoms with Crippen LogP contribution in [0.1, 0.15) is 52.9 Å². The maximum atomic E-state index is 11.4. The highest BCUT2D eigenvalue weighted by molar-refractivity contribution is 5.75. The number of carbonyl (C=O) groups is 1. The molecule has 0 amide bonds. The van der Waals surface area contributed by atoms with Crippen molar-refractivity contribution in [3.05, 3.63) is 0 Å². The van der Waals surface area contributed by atoms with Crippen LogP contribution in [0.5, 0.6) is 0 Å². The van der Waals surface area contributed by atoms with Gasteiger partial charge in [-0.2, -0.15) is 5.48 Å². The Morgan fingerprint density at radius 3 is 2.40 bits per heavy atom. The summed E-state index contributed by atoms with van der Waals surface area (Å²) in [5.74, 6) is 0.504. The molecule has 0 heterocycles. The van der Waals surface area contributed by atoms with Crippen molar-refractivity contribution in [3.63, 3.8) is 0 Å². The molecule has 0 unspecified atom stereocenters. The molecule has 0 atom stereocenters. The van der Waals surface area contributed by atoms with Crippen LogP contribution in [0.15, 0.2) is 0 Å². The second kappa shape index (κ2) is 5.50. The van der Waals surface area contributed by atoms with Crippen molar-refractivity contribution in [1.82, 2.24) is 5.48 Å². The average Bonchev–Trinajstić information content (AvgIpc) is 2.18. The average molecular weight is 213 g/mol. The van der Waals surface area contributed by atoms with E-state index in [0.29, 0.717) is 5.92 Å². The van der Waals surface area contributed by atoms with Gasteiger partial charge in [0.05, 0.1) is 5.41 Å². The van der Waals surface area contributed by atoms with Crippen molar-refractivity contribution in [2.45, 2.75) is 52.9 Å². The first kappa shape index (κ1) is 12.5. The summed E-state index contributed by atoms with van der Waals surface area (Å²) in [7, 11) is 0. The molecule has 1 aliphatic rings. The van der Waals surface area contributed by atoms with E-state index < -0.39 is 5.41 Å². The maximum absolute atomic E-state index is 11.4. The third kappa shape index (κ3) is 4.65. The van der Waals surface area contributed by atoms with Gasteiger partial charge in [0, 0.05) is 6.54 Å². The number of nitrogens with one attached hydrogen (secondary N) is 1. The number of hydrogen-bond donors (Lipinski definition) is 1. The standard InChI is InChI=1S/C12H23NO2/c1-12(2,3)11(14)15-13-9-10-7-5-4-6-8-10/h10,13H,4-9H2,1-3H3. The van der Waals surface area contributed by atoms with Crippen molar-refractivity contribution in [2.75, 3.05) is 6.54 Å². The van der Waals surface area contributed by atoms with Crippen LogP contribution in [0.3, 0.4) is 0 Å². The molecule has 88 valence electrons. The van der Waals surface area contributed by atoms with Crippen LogP contribution in [0, 0.1) is 11.3 Å². The van der Waals surface area contributed by atoms with Crippen LogP contribution in [-0.2, 0) is 9.63 Å². The van der Waals surface area contributed by atoms with Gasteiger partial charge in [-0.15, -0.1) is 0 Å². The van der Waals surface area contributed by atoms with Crippen molar-refractivity contribution in [2.24, 2.45) is 11.3 Å². The number of rotatable bonds is 3. The monoisotopic (exact) mass is 213 g/mol. The van der Waals surface area contributed by atoms with Crippen LogP contribution in [0.2, 0.25) is 0 Å². The van der Waals surface area contributed by atoms with Gasteiger partial charge in [-0.1, -0.05) is 19.3 Å². The van der Waals surface area contributed by atoms with E-state index in [1.807, 2.05) is 20.8 Å². The smallest absolute Gasteiger partial charge is 0.329 e. The Hall–Kier alpha value is -0.570. The Balaban J connectivity index is 2.12. The second-order valence-corrected chi connectivity index (χ2v) is 5.49. The van der Waals surface area contributed by atoms with E-state index in [9.17, 15) is 4.79 Å². The molecular formula is C12H23NO2. The van der Waals surface area contributed by atoms with Crippen molar-refractivity contribution >= 4 is 5.97 Å². The number of hydroxylamine groups is 1. The molecule has 0 aromatic carbocycles. The molecule has 3 nitrogen and oxygen atoms in total. The van der Waals surface area contributed by atoms with Gasteiger partial charge in [-0.05, 0) is 39.5 Å². The molecule has 3 heteroatoms. The Bertz CT molecular complexity index is 202. The van der Waals surface area contributed by atoms with Gasteiger partial charge >= 0.3 is 5.97 Å². The minimum Gasteiger partial charge on any atom is -0.370 e. The van der Waals surface area contributed by atoms with Crippen molar-refractivity contribution in [3.8, 4) is 0 Å². The molecule has 0 radical (unpaired) electrons. The number of hydrogen-bond acceptors (Lipinski definition) is 3. The molecule has 0 bridgehead atoms. The molecule has 0 saturated heterocycles. The van der Waals surface area contributed by atoms with Gasteiger partial charge in [0.15, 0.2) is 0 Å². The molecule has 1 rings (SSSR count). The van der Waals surface area contributed by atoms with Crippen LogP contribution in [-0.4, -0.2) is 12.5 Å². The lowest BCUT2D eigenvalue weighted by Gasteiger charge is -2.22. The lowest BCUT2D eigenvalue weighted by atomic mass is 9.89. The topological polar surface area (TPSA) is 38.3 Å². The molecule has 0 spiro atoms. The van der Waals surface area contributed by atoms with E-state index in [1.54, 1.807) is 0 Å². The highest BCUT2D eigenvalue weighted by Crippen LogP contribution is 2.22. The van der Waals surface area contributed by atoms with E-state index >= 15 is 0 Å². The second-order valence-electron chi connectivity index (χ2n) is 5.49. The van der Waals surface area contributed by atoms with Gasteiger partial charge in [0.25, 0.3) is 0 Å². The number of carbonyl (C=O) groups excluding carboxylic acids is 1. The Kier molecular flexibility index (Phi) is 4.58. The van der Waals surface area contributed by atoms with Crippen molar-refractivity contribution < 1.29 is 9.63 Å². The fourth-order valence-corrected chi connectivity index (χ4v) is 1.77. The fourth-order valence-electron chi connectivity index (χ4n) is 1.77. The van der Waals surface area contributed by atoms with Gasteiger partial charge in [0.1, 0.15) is 0 Å². The normalized spacial score (nSPS) is 18.9. The van der Waals surface area contributed by atoms with Crippen LogP contribution in [0.4, 0.5) is 0 Å². The Labute approximate surface area is 92.5 Å². The summed E-state index contributed by atoms with van der Waals surface area (Å²) in [6, 6.07) is 0. The van der Waals surface area contributed by atoms with E-state index in [1.165, 1.54) is 32.1 Å². The summed E-state index contributed by atoms with van der Waals surface area (Å²) >= 11 is 0. The highest BCUT2D eigenvalue weighted by atomic mass is 16.7. The predicted molar refractivity (Wildman–Crippen MR) is 60.1 cm³/mol. The zero-order valence-electron chi connectivity index (χ0n) is 10.1. The van der Waals surface area contributed by atoms with Crippen LogP contribution < -0.4 is 5.48 Å². The summed E-state index contributed by atoms with van der Waals surface area (Å²) in [4.78, 5) is 16.4. The third-order valence-electron chi connectivity index (χ3n) is 2.87. The quantitative estimate of drug-likeness (QED) is 0.732. The molecule has 0 aromatic heterocycles. The molecular weight excluding hydrogens is 190 g/mol. The molecule has 1 saturated carbocycles. The Morgan fingerprint density at radius 2 is 1.87 bits per heavy atom. The van der Waals surface area contributed by atoms with E-state index in [-0.39, 0.29) is 5.97 Å². The minimum absolute atomic E-state index is 0.182. The lowest BCUT2D eigenvalue weighted by Crippen LogP contribution is -2.32. The van der Waals surface area contributed by atoms with Crippen LogP contribution in [0.25, 0.3) is 0 Å². The van der Waals surface area contributed by atoms with E-state index in [4.69, 9.17) is 4.84 Å². The Morgan fingerprint density at radius 1 is 1.27 bits per heavy atom. The lowest BCUT2D eigenvalue weighted by molar-refractivity contribution is -0.161. The molecule has 1 N–H and O–H groups in total. The van der Waals surface area contributed by atoms with Gasteiger partial charge in [0.2, 0.25) is 0 Å². The minimum atomic E-state index is -0.417. The van der Waals surface area contributed by atoms with Crippen LogP contribution >= 0.6 is 0 Å². The summed E-state index contributed by atoms with van der Waals surface area (Å²) in [6.45, 7) is 6.38.